The van der Waals surface area contributed by atoms with Gasteiger partial charge >= 0.3 is 0 Å². The third-order valence-electron chi connectivity index (χ3n) is 15.1. The van der Waals surface area contributed by atoms with Crippen molar-refractivity contribution in [2.24, 2.45) is 0 Å². The Labute approximate surface area is 410 Å². The summed E-state index contributed by atoms with van der Waals surface area (Å²) in [6, 6.07) is 92.6. The second kappa shape index (κ2) is 15.3. The maximum atomic E-state index is 6.32. The molecule has 332 valence electrons. The highest BCUT2D eigenvalue weighted by Crippen LogP contribution is 2.64. The third kappa shape index (κ3) is 5.73. The Bertz CT molecular complexity index is 4140. The molecule has 2 aromatic heterocycles. The lowest BCUT2D eigenvalue weighted by molar-refractivity contribution is 0.668. The number of anilines is 6. The number of hydrogen-bond acceptors (Lipinski definition) is 4. The summed E-state index contributed by atoms with van der Waals surface area (Å²) in [6.07, 6.45) is 0. The molecule has 0 bridgehead atoms. The molecule has 0 saturated carbocycles. The van der Waals surface area contributed by atoms with Crippen molar-refractivity contribution in [3.05, 3.63) is 277 Å². The number of nitrogens with zero attached hydrogens (tertiary/aromatic N) is 2. The van der Waals surface area contributed by atoms with Crippen LogP contribution in [0.5, 0.6) is 0 Å². The van der Waals surface area contributed by atoms with E-state index >= 15 is 0 Å². The fraction of sp³-hybridized carbons (Fsp3) is 0.0149. The van der Waals surface area contributed by atoms with Crippen LogP contribution in [0.3, 0.4) is 0 Å². The van der Waals surface area contributed by atoms with Gasteiger partial charge in [-0.05, 0) is 134 Å². The first-order chi connectivity index (χ1) is 35.2. The van der Waals surface area contributed by atoms with Gasteiger partial charge in [0.05, 0.1) is 28.2 Å². The summed E-state index contributed by atoms with van der Waals surface area (Å²) in [7, 11) is 0. The van der Waals surface area contributed by atoms with Gasteiger partial charge in [-0.15, -0.1) is 0 Å². The molecule has 4 heteroatoms. The van der Waals surface area contributed by atoms with Crippen LogP contribution in [0.4, 0.5) is 34.1 Å². The summed E-state index contributed by atoms with van der Waals surface area (Å²) in [6.45, 7) is 0. The topological polar surface area (TPSA) is 32.8 Å². The Balaban J connectivity index is 0.920. The molecule has 0 atom stereocenters. The van der Waals surface area contributed by atoms with Crippen molar-refractivity contribution in [1.82, 2.24) is 0 Å². The number of benzene rings is 11. The van der Waals surface area contributed by atoms with Crippen LogP contribution in [0, 0.1) is 0 Å². The van der Waals surface area contributed by atoms with Crippen molar-refractivity contribution < 1.29 is 8.83 Å². The van der Waals surface area contributed by atoms with Crippen molar-refractivity contribution in [1.29, 1.82) is 0 Å². The van der Waals surface area contributed by atoms with E-state index in [-0.39, 0.29) is 0 Å². The van der Waals surface area contributed by atoms with E-state index in [0.29, 0.717) is 0 Å². The minimum Gasteiger partial charge on any atom is -0.456 e. The summed E-state index contributed by atoms with van der Waals surface area (Å²) in [5, 5.41) is 4.53. The van der Waals surface area contributed by atoms with Crippen LogP contribution in [0.25, 0.3) is 77.3 Å². The molecule has 0 aliphatic carbocycles. The van der Waals surface area contributed by atoms with Gasteiger partial charge in [-0.3, -0.25) is 0 Å². The van der Waals surface area contributed by atoms with Crippen LogP contribution in [0.15, 0.2) is 264 Å². The third-order valence-corrected chi connectivity index (χ3v) is 15.1. The fourth-order valence-electron chi connectivity index (χ4n) is 12.1. The van der Waals surface area contributed by atoms with Crippen molar-refractivity contribution in [2.75, 3.05) is 9.80 Å². The summed E-state index contributed by atoms with van der Waals surface area (Å²) in [5.74, 6) is 0. The molecule has 2 aliphatic heterocycles. The SMILES string of the molecule is c1ccc(-c2ccc3c(c2)C2(c4ccccc4N(c4ccc(-c5cccc6oc7ccccc7c56)cc4)c4ccccc42)c2ccccc2N3c2ccc(-c3cccc4oc5ccccc5c34)cc2)cc1. The lowest BCUT2D eigenvalue weighted by Crippen LogP contribution is -2.42. The highest BCUT2D eigenvalue weighted by molar-refractivity contribution is 6.13. The lowest BCUT2D eigenvalue weighted by Gasteiger charge is -2.51. The summed E-state index contributed by atoms with van der Waals surface area (Å²) < 4.78 is 12.6. The zero-order chi connectivity index (χ0) is 46.6. The standard InChI is InChI=1S/C67H42N2O2/c1-2-16-43(17-3-1)46-36-41-60-56(42-46)67(55-24-8-11-27-59(55)69(60)48-39-34-45(35-40-48)50-21-15-31-64-66(50)52-19-5-13-29-62(52)71-64)53-22-6-9-25-57(53)68(58-26-10-7-23-54(58)67)47-37-32-44(33-38-47)49-20-14-30-63-65(49)51-18-4-12-28-61(51)70-63/h1-42H. The maximum absolute atomic E-state index is 6.32. The molecule has 11 aromatic carbocycles. The van der Waals surface area contributed by atoms with E-state index < -0.39 is 5.41 Å². The highest BCUT2D eigenvalue weighted by Gasteiger charge is 2.52. The quantitative estimate of drug-likeness (QED) is 0.172. The van der Waals surface area contributed by atoms with Gasteiger partial charge in [-0.2, -0.15) is 0 Å². The molecular weight excluding hydrogens is 865 g/mol. The smallest absolute Gasteiger partial charge is 0.136 e. The van der Waals surface area contributed by atoms with Gasteiger partial charge in [0.25, 0.3) is 0 Å². The van der Waals surface area contributed by atoms with Crippen molar-refractivity contribution in [2.45, 2.75) is 5.41 Å². The summed E-state index contributed by atoms with van der Waals surface area (Å²) in [5.41, 5.74) is 21.5. The fourth-order valence-corrected chi connectivity index (χ4v) is 12.1. The molecule has 71 heavy (non-hydrogen) atoms. The minimum absolute atomic E-state index is 0.688. The Morgan fingerprint density at radius 1 is 0.268 bits per heavy atom. The number of fused-ring (bicyclic) bond motifs is 14. The van der Waals surface area contributed by atoms with E-state index in [4.69, 9.17) is 8.83 Å². The Morgan fingerprint density at radius 3 is 1.15 bits per heavy atom. The first-order valence-electron chi connectivity index (χ1n) is 24.3. The Kier molecular flexibility index (Phi) is 8.54. The van der Waals surface area contributed by atoms with E-state index in [1.165, 1.54) is 33.4 Å². The molecule has 0 fully saturated rings. The average molecular weight is 907 g/mol. The number of hydrogen-bond donors (Lipinski definition) is 0. The van der Waals surface area contributed by atoms with Crippen LogP contribution in [-0.4, -0.2) is 0 Å². The summed E-state index contributed by atoms with van der Waals surface area (Å²) in [4.78, 5) is 4.94. The van der Waals surface area contributed by atoms with Crippen LogP contribution in [0.1, 0.15) is 22.3 Å². The van der Waals surface area contributed by atoms with Crippen LogP contribution in [-0.2, 0) is 5.41 Å². The van der Waals surface area contributed by atoms with E-state index in [1.807, 2.05) is 24.3 Å². The zero-order valence-electron chi connectivity index (χ0n) is 38.5. The minimum atomic E-state index is -0.688. The lowest BCUT2D eigenvalue weighted by atomic mass is 9.60. The van der Waals surface area contributed by atoms with Gasteiger partial charge in [-0.1, -0.05) is 176 Å². The van der Waals surface area contributed by atoms with E-state index in [9.17, 15) is 0 Å². The molecule has 0 N–H and O–H groups in total. The van der Waals surface area contributed by atoms with Gasteiger partial charge in [0, 0.05) is 32.9 Å². The molecule has 0 saturated heterocycles. The first-order valence-corrected chi connectivity index (χ1v) is 24.3. The van der Waals surface area contributed by atoms with Gasteiger partial charge < -0.3 is 18.6 Å². The molecule has 4 heterocycles. The van der Waals surface area contributed by atoms with Crippen LogP contribution < -0.4 is 9.80 Å². The molecule has 4 nitrogen and oxygen atoms in total. The van der Waals surface area contributed by atoms with Crippen molar-refractivity contribution >= 4 is 78.0 Å². The van der Waals surface area contributed by atoms with Gasteiger partial charge in [-0.25, -0.2) is 0 Å². The van der Waals surface area contributed by atoms with E-state index in [0.717, 1.165) is 100 Å². The molecule has 0 amide bonds. The maximum Gasteiger partial charge on any atom is 0.136 e. The highest BCUT2D eigenvalue weighted by atomic mass is 16.3. The number of furan rings is 2. The van der Waals surface area contributed by atoms with Crippen LogP contribution >= 0.6 is 0 Å². The second-order valence-corrected chi connectivity index (χ2v) is 18.7. The Hall–Kier alpha value is -9.38. The van der Waals surface area contributed by atoms with Gasteiger partial charge in [0.2, 0.25) is 0 Å². The molecular formula is C67H42N2O2. The van der Waals surface area contributed by atoms with Crippen molar-refractivity contribution in [3.8, 4) is 33.4 Å². The molecule has 1 spiro atoms. The van der Waals surface area contributed by atoms with E-state index in [1.54, 1.807) is 0 Å². The molecule has 2 aliphatic rings. The zero-order valence-corrected chi connectivity index (χ0v) is 38.5. The average Bonchev–Trinajstić information content (AvgIpc) is 4.03. The largest absolute Gasteiger partial charge is 0.456 e. The Morgan fingerprint density at radius 2 is 0.662 bits per heavy atom. The predicted octanol–water partition coefficient (Wildman–Crippen LogP) is 18.4. The van der Waals surface area contributed by atoms with Gasteiger partial charge in [0.1, 0.15) is 22.3 Å². The molecule has 13 aromatic rings. The first kappa shape index (κ1) is 39.6. The van der Waals surface area contributed by atoms with E-state index in [2.05, 4.69) is 240 Å². The summed E-state index contributed by atoms with van der Waals surface area (Å²) >= 11 is 0. The predicted molar refractivity (Wildman–Crippen MR) is 292 cm³/mol. The second-order valence-electron chi connectivity index (χ2n) is 18.7. The molecule has 15 rings (SSSR count). The molecule has 0 radical (unpaired) electrons. The monoisotopic (exact) mass is 906 g/mol. The van der Waals surface area contributed by atoms with Gasteiger partial charge in [0.15, 0.2) is 0 Å². The molecule has 0 unspecified atom stereocenters. The van der Waals surface area contributed by atoms with Crippen LogP contribution in [0.2, 0.25) is 0 Å². The number of rotatable bonds is 5. The van der Waals surface area contributed by atoms with Crippen molar-refractivity contribution in [3.63, 3.8) is 0 Å². The number of para-hydroxylation sites is 5. The normalized spacial score (nSPS) is 13.4.